The Morgan fingerprint density at radius 2 is 2.00 bits per heavy atom. The van der Waals surface area contributed by atoms with Crippen molar-refractivity contribution in [3.8, 4) is 0 Å². The fourth-order valence-electron chi connectivity index (χ4n) is 1.64. The quantitative estimate of drug-likeness (QED) is 0.930. The minimum absolute atomic E-state index is 0.234. The lowest BCUT2D eigenvalue weighted by Crippen LogP contribution is -2.28. The summed E-state index contributed by atoms with van der Waals surface area (Å²) in [5.74, 6) is -2.16. The normalized spacial score (nSPS) is 12.2. The molecule has 3 nitrogen and oxygen atoms in total. The van der Waals surface area contributed by atoms with Gasteiger partial charge in [-0.15, -0.1) is 0 Å². The number of benzene rings is 1. The van der Waals surface area contributed by atoms with Gasteiger partial charge in [0.15, 0.2) is 0 Å². The molecule has 1 aromatic heterocycles. The van der Waals surface area contributed by atoms with Crippen molar-refractivity contribution in [2.24, 2.45) is 0 Å². The van der Waals surface area contributed by atoms with Crippen LogP contribution in [0.2, 0.25) is 0 Å². The maximum absolute atomic E-state index is 13.6. The first kappa shape index (κ1) is 13.7. The molecular weight excluding hydrogens is 320 g/mol. The first-order valence-electron chi connectivity index (χ1n) is 5.48. The molecule has 0 aliphatic carbocycles. The van der Waals surface area contributed by atoms with Gasteiger partial charge >= 0.3 is 0 Å². The highest BCUT2D eigenvalue weighted by Crippen LogP contribution is 2.20. The summed E-state index contributed by atoms with van der Waals surface area (Å²) < 4.78 is 32.5. The zero-order valence-electron chi connectivity index (χ0n) is 9.91. The summed E-state index contributed by atoms with van der Waals surface area (Å²) in [5, 5.41) is 2.47. The van der Waals surface area contributed by atoms with E-state index in [1.807, 2.05) is 0 Å². The van der Waals surface area contributed by atoms with Crippen molar-refractivity contribution in [3.05, 3.63) is 58.0 Å². The van der Waals surface area contributed by atoms with Crippen LogP contribution in [0.5, 0.6) is 0 Å². The molecule has 0 saturated carbocycles. The molecule has 1 amide bonds. The molecule has 1 aromatic carbocycles. The first-order valence-corrected chi connectivity index (χ1v) is 6.27. The molecule has 1 unspecified atom stereocenters. The Bertz CT molecular complexity index is 576. The van der Waals surface area contributed by atoms with Gasteiger partial charge in [0.1, 0.15) is 23.0 Å². The van der Waals surface area contributed by atoms with Crippen LogP contribution in [0, 0.1) is 11.6 Å². The van der Waals surface area contributed by atoms with Crippen molar-refractivity contribution in [1.82, 2.24) is 5.32 Å². The van der Waals surface area contributed by atoms with Gasteiger partial charge in [-0.05, 0) is 31.2 Å². The van der Waals surface area contributed by atoms with E-state index in [9.17, 15) is 13.6 Å². The summed E-state index contributed by atoms with van der Waals surface area (Å²) in [4.78, 5) is 11.9. The highest BCUT2D eigenvalue weighted by atomic mass is 79.9. The largest absolute Gasteiger partial charge is 0.467 e. The lowest BCUT2D eigenvalue weighted by atomic mass is 10.1. The third-order valence-electron chi connectivity index (χ3n) is 2.55. The Balaban J connectivity index is 2.21. The average Bonchev–Trinajstić information content (AvgIpc) is 2.80. The van der Waals surface area contributed by atoms with E-state index < -0.39 is 29.1 Å². The number of nitrogens with one attached hydrogen (secondary N) is 1. The second-order valence-corrected chi connectivity index (χ2v) is 4.87. The van der Waals surface area contributed by atoms with E-state index in [1.54, 1.807) is 19.1 Å². The highest BCUT2D eigenvalue weighted by Gasteiger charge is 2.21. The van der Waals surface area contributed by atoms with E-state index in [0.29, 0.717) is 5.76 Å². The molecular formula is C13H10BrF2NO2. The molecule has 0 fully saturated rings. The zero-order chi connectivity index (χ0) is 14.0. The van der Waals surface area contributed by atoms with Gasteiger partial charge in [-0.25, -0.2) is 8.78 Å². The van der Waals surface area contributed by atoms with Crippen LogP contribution < -0.4 is 5.32 Å². The van der Waals surface area contributed by atoms with Gasteiger partial charge in [0.25, 0.3) is 5.91 Å². The molecule has 19 heavy (non-hydrogen) atoms. The van der Waals surface area contributed by atoms with Gasteiger partial charge in [0.2, 0.25) is 0 Å². The van der Waals surface area contributed by atoms with Crippen molar-refractivity contribution in [1.29, 1.82) is 0 Å². The Hall–Kier alpha value is -1.69. The minimum atomic E-state index is -0.920. The number of carbonyl (C=O) groups excluding carboxylic acids is 1. The van der Waals surface area contributed by atoms with Crippen molar-refractivity contribution in [2.45, 2.75) is 13.0 Å². The summed E-state index contributed by atoms with van der Waals surface area (Å²) in [6.45, 7) is 1.66. The molecule has 0 saturated heterocycles. The van der Waals surface area contributed by atoms with E-state index in [1.165, 1.54) is 6.26 Å². The summed E-state index contributed by atoms with van der Waals surface area (Å²) in [6, 6.07) is 4.92. The van der Waals surface area contributed by atoms with Gasteiger partial charge in [0, 0.05) is 4.47 Å². The Kier molecular flexibility index (Phi) is 3.99. The monoisotopic (exact) mass is 329 g/mol. The highest BCUT2D eigenvalue weighted by molar-refractivity contribution is 9.10. The van der Waals surface area contributed by atoms with Crippen molar-refractivity contribution in [2.75, 3.05) is 0 Å². The number of halogens is 3. The molecule has 1 heterocycles. The maximum atomic E-state index is 13.6. The molecule has 2 aromatic rings. The second kappa shape index (κ2) is 5.52. The lowest BCUT2D eigenvalue weighted by Gasteiger charge is -2.12. The number of rotatable bonds is 3. The van der Waals surface area contributed by atoms with Gasteiger partial charge in [-0.1, -0.05) is 15.9 Å². The minimum Gasteiger partial charge on any atom is -0.467 e. The third-order valence-corrected chi connectivity index (χ3v) is 3.01. The van der Waals surface area contributed by atoms with Crippen LogP contribution in [-0.4, -0.2) is 5.91 Å². The second-order valence-electron chi connectivity index (χ2n) is 3.96. The predicted molar refractivity (Wildman–Crippen MR) is 68.6 cm³/mol. The van der Waals surface area contributed by atoms with Gasteiger partial charge in [0.05, 0.1) is 12.3 Å². The SMILES string of the molecule is CC(NC(=O)c1c(F)cc(Br)cc1F)c1ccco1. The van der Waals surface area contributed by atoms with Crippen molar-refractivity contribution < 1.29 is 18.0 Å². The number of hydrogen-bond donors (Lipinski definition) is 1. The Morgan fingerprint density at radius 1 is 1.37 bits per heavy atom. The molecule has 1 N–H and O–H groups in total. The van der Waals surface area contributed by atoms with Crippen molar-refractivity contribution in [3.63, 3.8) is 0 Å². The van der Waals surface area contributed by atoms with Crippen LogP contribution >= 0.6 is 15.9 Å². The molecule has 2 rings (SSSR count). The maximum Gasteiger partial charge on any atom is 0.257 e. The molecule has 1 atom stereocenters. The van der Waals surface area contributed by atoms with Crippen LogP contribution in [0.3, 0.4) is 0 Å². The van der Waals surface area contributed by atoms with Gasteiger partial charge in [-0.2, -0.15) is 0 Å². The molecule has 0 aliphatic rings. The fourth-order valence-corrected chi connectivity index (χ4v) is 2.04. The van der Waals surface area contributed by atoms with E-state index in [4.69, 9.17) is 4.42 Å². The third kappa shape index (κ3) is 3.01. The zero-order valence-corrected chi connectivity index (χ0v) is 11.5. The van der Waals surface area contributed by atoms with E-state index in [0.717, 1.165) is 12.1 Å². The van der Waals surface area contributed by atoms with Gasteiger partial charge in [-0.3, -0.25) is 4.79 Å². The standard InChI is InChI=1S/C13H10BrF2NO2/c1-7(11-3-2-4-19-11)17-13(18)12-9(15)5-8(14)6-10(12)16/h2-7H,1H3,(H,17,18). The summed E-state index contributed by atoms with van der Waals surface area (Å²) in [6.07, 6.45) is 1.46. The summed E-state index contributed by atoms with van der Waals surface area (Å²) >= 11 is 2.95. The smallest absolute Gasteiger partial charge is 0.257 e. The van der Waals surface area contributed by atoms with E-state index >= 15 is 0 Å². The number of furan rings is 1. The molecule has 6 heteroatoms. The van der Waals surface area contributed by atoms with Crippen LogP contribution in [0.25, 0.3) is 0 Å². The molecule has 0 aliphatic heterocycles. The van der Waals surface area contributed by atoms with Crippen LogP contribution in [0.4, 0.5) is 8.78 Å². The predicted octanol–water partition coefficient (Wildman–Crippen LogP) is 3.81. The molecule has 0 spiro atoms. The van der Waals surface area contributed by atoms with Crippen LogP contribution in [-0.2, 0) is 0 Å². The number of carbonyl (C=O) groups is 1. The topological polar surface area (TPSA) is 42.2 Å². The Labute approximate surface area is 116 Å². The summed E-state index contributed by atoms with van der Waals surface area (Å²) in [5.41, 5.74) is -0.610. The van der Waals surface area contributed by atoms with Crippen molar-refractivity contribution >= 4 is 21.8 Å². The van der Waals surface area contributed by atoms with Gasteiger partial charge < -0.3 is 9.73 Å². The first-order chi connectivity index (χ1) is 8.99. The average molecular weight is 330 g/mol. The van der Waals surface area contributed by atoms with E-state index in [-0.39, 0.29) is 4.47 Å². The van der Waals surface area contributed by atoms with Crippen LogP contribution in [0.1, 0.15) is 29.1 Å². The molecule has 0 bridgehead atoms. The fraction of sp³-hybridized carbons (Fsp3) is 0.154. The van der Waals surface area contributed by atoms with E-state index in [2.05, 4.69) is 21.2 Å². The van der Waals surface area contributed by atoms with Crippen LogP contribution in [0.15, 0.2) is 39.4 Å². The molecule has 100 valence electrons. The Morgan fingerprint density at radius 3 is 2.53 bits per heavy atom. The number of hydrogen-bond acceptors (Lipinski definition) is 2. The molecule has 0 radical (unpaired) electrons. The lowest BCUT2D eigenvalue weighted by molar-refractivity contribution is 0.0927. The number of amides is 1. The summed E-state index contributed by atoms with van der Waals surface area (Å²) in [7, 11) is 0.